The van der Waals surface area contributed by atoms with E-state index in [0.29, 0.717) is 22.6 Å². The van der Waals surface area contributed by atoms with Gasteiger partial charge in [0.1, 0.15) is 17.9 Å². The maximum atomic E-state index is 12.1. The number of hydrogen-bond donors (Lipinski definition) is 1. The van der Waals surface area contributed by atoms with Gasteiger partial charge < -0.3 is 9.47 Å². The predicted molar refractivity (Wildman–Crippen MR) is 92.1 cm³/mol. The average molecular weight is 334 g/mol. The van der Waals surface area contributed by atoms with Crippen molar-refractivity contribution >= 4 is 17.4 Å². The molecule has 0 saturated carbocycles. The van der Waals surface area contributed by atoms with Gasteiger partial charge in [-0.15, -0.1) is 0 Å². The number of esters is 1. The first-order valence-corrected chi connectivity index (χ1v) is 7.14. The number of benzene rings is 2. The van der Waals surface area contributed by atoms with Crippen molar-refractivity contribution in [1.29, 1.82) is 10.5 Å². The third kappa shape index (κ3) is 3.92. The van der Waals surface area contributed by atoms with Gasteiger partial charge in [0, 0.05) is 5.56 Å². The Bertz CT molecular complexity index is 874. The summed E-state index contributed by atoms with van der Waals surface area (Å²) in [5, 5.41) is 21.3. The first-order chi connectivity index (χ1) is 12.1. The highest BCUT2D eigenvalue weighted by Gasteiger charge is 2.17. The van der Waals surface area contributed by atoms with Crippen molar-refractivity contribution in [2.75, 3.05) is 19.6 Å². The number of nitrogens with zero attached hydrogens (tertiary/aromatic N) is 3. The third-order valence-corrected chi connectivity index (χ3v) is 3.35. The van der Waals surface area contributed by atoms with Crippen LogP contribution in [0.5, 0.6) is 5.75 Å². The summed E-state index contributed by atoms with van der Waals surface area (Å²) in [6.07, 6.45) is 0. The van der Waals surface area contributed by atoms with Gasteiger partial charge in [-0.25, -0.2) is 4.79 Å². The number of hydrogen-bond acceptors (Lipinski definition) is 7. The topological polar surface area (TPSA) is 107 Å². The van der Waals surface area contributed by atoms with Gasteiger partial charge in [0.2, 0.25) is 5.71 Å². The minimum Gasteiger partial charge on any atom is -0.497 e. The van der Waals surface area contributed by atoms with E-state index in [1.165, 1.54) is 7.11 Å². The zero-order chi connectivity index (χ0) is 18.2. The second-order valence-corrected chi connectivity index (χ2v) is 4.74. The Morgan fingerprint density at radius 3 is 2.32 bits per heavy atom. The van der Waals surface area contributed by atoms with Gasteiger partial charge in [-0.3, -0.25) is 5.43 Å². The maximum Gasteiger partial charge on any atom is 0.338 e. The molecule has 0 amide bonds. The summed E-state index contributed by atoms with van der Waals surface area (Å²) in [6.45, 7) is 0. The zero-order valence-corrected chi connectivity index (χ0v) is 13.6. The monoisotopic (exact) mass is 334 g/mol. The highest BCUT2D eigenvalue weighted by molar-refractivity contribution is 6.10. The number of carbonyl (C=O) groups excluding carboxylic acids is 1. The Kier molecular flexibility index (Phi) is 5.70. The molecule has 0 fully saturated rings. The lowest BCUT2D eigenvalue weighted by Crippen LogP contribution is -2.06. The van der Waals surface area contributed by atoms with Crippen molar-refractivity contribution < 1.29 is 14.3 Å². The van der Waals surface area contributed by atoms with E-state index in [9.17, 15) is 4.79 Å². The van der Waals surface area contributed by atoms with Gasteiger partial charge in [0.05, 0.1) is 25.5 Å². The third-order valence-electron chi connectivity index (χ3n) is 3.35. The molecule has 0 spiro atoms. The Balaban J connectivity index is 2.59. The predicted octanol–water partition coefficient (Wildman–Crippen LogP) is 2.96. The highest BCUT2D eigenvalue weighted by Crippen LogP contribution is 2.33. The Morgan fingerprint density at radius 2 is 1.76 bits per heavy atom. The first-order valence-electron chi connectivity index (χ1n) is 7.14. The fourth-order valence-electron chi connectivity index (χ4n) is 2.19. The van der Waals surface area contributed by atoms with Gasteiger partial charge in [-0.05, 0) is 29.8 Å². The van der Waals surface area contributed by atoms with Crippen LogP contribution in [0, 0.1) is 22.7 Å². The van der Waals surface area contributed by atoms with Crippen LogP contribution in [-0.2, 0) is 4.74 Å². The first kappa shape index (κ1) is 17.5. The van der Waals surface area contributed by atoms with E-state index in [4.69, 9.17) is 20.0 Å². The molecule has 0 aliphatic rings. The molecule has 0 aliphatic heterocycles. The standard InChI is InChI=1S/C18H14N4O3/c1-24-14-8-6-12(7-9-14)17-15(18(23)25-2)4-3-5-16(17)22-21-13(10-19)11-20/h3-9,22H,1-2H3. The molecule has 0 unspecified atom stereocenters. The molecule has 0 aliphatic carbocycles. The van der Waals surface area contributed by atoms with Crippen LogP contribution in [0.1, 0.15) is 10.4 Å². The van der Waals surface area contributed by atoms with E-state index in [-0.39, 0.29) is 5.71 Å². The van der Waals surface area contributed by atoms with Crippen molar-refractivity contribution in [3.05, 3.63) is 48.0 Å². The summed E-state index contributed by atoms with van der Waals surface area (Å²) in [7, 11) is 2.85. The Hall–Kier alpha value is -3.84. The summed E-state index contributed by atoms with van der Waals surface area (Å²) < 4.78 is 9.98. The van der Waals surface area contributed by atoms with E-state index < -0.39 is 5.97 Å². The summed E-state index contributed by atoms with van der Waals surface area (Å²) in [4.78, 5) is 12.1. The molecule has 0 atom stereocenters. The van der Waals surface area contributed by atoms with E-state index in [1.807, 2.05) is 0 Å². The lowest BCUT2D eigenvalue weighted by molar-refractivity contribution is 0.0601. The number of carbonyl (C=O) groups is 1. The van der Waals surface area contributed by atoms with Gasteiger partial charge in [-0.2, -0.15) is 15.6 Å². The number of methoxy groups -OCH3 is 2. The number of ether oxygens (including phenoxy) is 2. The molecule has 0 heterocycles. The zero-order valence-electron chi connectivity index (χ0n) is 13.6. The fraction of sp³-hybridized carbons (Fsp3) is 0.111. The maximum absolute atomic E-state index is 12.1. The van der Waals surface area contributed by atoms with Crippen LogP contribution in [0.25, 0.3) is 11.1 Å². The number of hydrazone groups is 1. The highest BCUT2D eigenvalue weighted by atomic mass is 16.5. The molecule has 0 bridgehead atoms. The van der Waals surface area contributed by atoms with Crippen LogP contribution >= 0.6 is 0 Å². The lowest BCUT2D eigenvalue weighted by atomic mass is 9.97. The molecule has 1 N–H and O–H groups in total. The minimum absolute atomic E-state index is 0.323. The van der Waals surface area contributed by atoms with Gasteiger partial charge in [-0.1, -0.05) is 18.2 Å². The molecule has 0 aromatic heterocycles. The Morgan fingerprint density at radius 1 is 1.08 bits per heavy atom. The average Bonchev–Trinajstić information content (AvgIpc) is 2.68. The minimum atomic E-state index is -0.515. The normalized spacial score (nSPS) is 9.28. The van der Waals surface area contributed by atoms with Gasteiger partial charge in [0.15, 0.2) is 0 Å². The molecule has 124 valence electrons. The van der Waals surface area contributed by atoms with Crippen LogP contribution in [0.15, 0.2) is 47.6 Å². The van der Waals surface area contributed by atoms with Crippen molar-refractivity contribution in [1.82, 2.24) is 0 Å². The molecule has 2 rings (SSSR count). The van der Waals surface area contributed by atoms with Crippen LogP contribution in [0.3, 0.4) is 0 Å². The Labute approximate surface area is 144 Å². The SMILES string of the molecule is COC(=O)c1cccc(NN=C(C#N)C#N)c1-c1ccc(OC)cc1. The molecule has 25 heavy (non-hydrogen) atoms. The molecule has 7 nitrogen and oxygen atoms in total. The summed E-state index contributed by atoms with van der Waals surface area (Å²) >= 11 is 0. The second kappa shape index (κ2) is 8.14. The van der Waals surface area contributed by atoms with Crippen LogP contribution in [-0.4, -0.2) is 25.9 Å². The van der Waals surface area contributed by atoms with E-state index in [1.54, 1.807) is 61.7 Å². The van der Waals surface area contributed by atoms with Crippen molar-refractivity contribution in [2.24, 2.45) is 5.10 Å². The fourth-order valence-corrected chi connectivity index (χ4v) is 2.19. The molecular formula is C18H14N4O3. The van der Waals surface area contributed by atoms with Crippen molar-refractivity contribution in [3.8, 4) is 29.0 Å². The molecule has 2 aromatic carbocycles. The van der Waals surface area contributed by atoms with Gasteiger partial charge in [0.25, 0.3) is 0 Å². The number of anilines is 1. The number of rotatable bonds is 5. The quantitative estimate of drug-likeness (QED) is 0.511. The molecule has 2 aromatic rings. The smallest absolute Gasteiger partial charge is 0.338 e. The van der Waals surface area contributed by atoms with Crippen LogP contribution < -0.4 is 10.2 Å². The molecule has 0 saturated heterocycles. The van der Waals surface area contributed by atoms with E-state index in [0.717, 1.165) is 5.56 Å². The summed E-state index contributed by atoms with van der Waals surface area (Å²) in [5.41, 5.74) is 4.37. The molecule has 7 heteroatoms. The summed E-state index contributed by atoms with van der Waals surface area (Å²) in [5.74, 6) is 0.155. The van der Waals surface area contributed by atoms with E-state index >= 15 is 0 Å². The van der Waals surface area contributed by atoms with Crippen molar-refractivity contribution in [3.63, 3.8) is 0 Å². The van der Waals surface area contributed by atoms with Crippen molar-refractivity contribution in [2.45, 2.75) is 0 Å². The van der Waals surface area contributed by atoms with Crippen LogP contribution in [0.4, 0.5) is 5.69 Å². The number of nitriles is 2. The largest absolute Gasteiger partial charge is 0.497 e. The molecule has 0 radical (unpaired) electrons. The number of nitrogens with one attached hydrogen (secondary N) is 1. The summed E-state index contributed by atoms with van der Waals surface area (Å²) in [6, 6.07) is 15.4. The van der Waals surface area contributed by atoms with E-state index in [2.05, 4.69) is 10.5 Å². The lowest BCUT2D eigenvalue weighted by Gasteiger charge is -2.14. The molecular weight excluding hydrogens is 320 g/mol. The van der Waals surface area contributed by atoms with Gasteiger partial charge >= 0.3 is 5.97 Å². The second-order valence-electron chi connectivity index (χ2n) is 4.74. The van der Waals surface area contributed by atoms with Crippen LogP contribution in [0.2, 0.25) is 0 Å².